The number of nitrogens with two attached hydrogens (primary N) is 3. The monoisotopic (exact) mass is 1410 g/mol. The second kappa shape index (κ2) is 36.3. The highest BCUT2D eigenvalue weighted by Gasteiger charge is 2.23. The van der Waals surface area contributed by atoms with Crippen molar-refractivity contribution < 1.29 is 42.8 Å². The van der Waals surface area contributed by atoms with E-state index in [9.17, 15) is 28.8 Å². The predicted octanol–water partition coefficient (Wildman–Crippen LogP) is 1.34. The molecule has 9 aromatic rings. The number of piperazine rings is 1. The molecule has 0 radical (unpaired) electrons. The molecular weight excluding hydrogens is 1320 g/mol. The molecule has 102 heavy (non-hydrogen) atoms. The van der Waals surface area contributed by atoms with E-state index in [-0.39, 0.29) is 110 Å². The lowest BCUT2D eigenvalue weighted by atomic mass is 10.1. The Balaban J connectivity index is 0.000000165. The molecule has 0 bridgehead atoms. The summed E-state index contributed by atoms with van der Waals surface area (Å²) in [7, 11) is 8.95. The molecule has 0 saturated carbocycles. The number of fused-ring (bicyclic) bond motifs is 3. The van der Waals surface area contributed by atoms with Gasteiger partial charge in [0, 0.05) is 103 Å². The topological polar surface area (TPSA) is 424 Å². The van der Waals surface area contributed by atoms with Gasteiger partial charge in [-0.2, -0.15) is 29.9 Å². The first-order valence-corrected chi connectivity index (χ1v) is 34.0. The van der Waals surface area contributed by atoms with E-state index in [1.165, 1.54) is 39.4 Å². The van der Waals surface area contributed by atoms with Crippen molar-refractivity contribution in [3.05, 3.63) is 138 Å². The van der Waals surface area contributed by atoms with E-state index in [2.05, 4.69) is 94.5 Å². The molecule has 3 fully saturated rings. The zero-order valence-electron chi connectivity index (χ0n) is 58.3. The molecule has 3 aliphatic rings. The molecule has 1 atom stereocenters. The maximum atomic E-state index is 12.6. The summed E-state index contributed by atoms with van der Waals surface area (Å²) < 4.78 is 35.6. The molecule has 3 aromatic carbocycles. The number of nitrogens with zero attached hydrogens (tertiary/aromatic N) is 13. The second-order valence-electron chi connectivity index (χ2n) is 25.0. The van der Waals surface area contributed by atoms with E-state index < -0.39 is 0 Å². The molecule has 12 rings (SSSR count). The number of carbonyl (C=O) groups is 3. The van der Waals surface area contributed by atoms with Crippen molar-refractivity contribution in [1.29, 1.82) is 0 Å². The molecule has 3 amide bonds. The van der Waals surface area contributed by atoms with Crippen LogP contribution in [0, 0.1) is 0 Å². The maximum absolute atomic E-state index is 12.6. The lowest BCUT2D eigenvalue weighted by molar-refractivity contribution is 0.0935. The quantitative estimate of drug-likeness (QED) is 0.0287. The lowest BCUT2D eigenvalue weighted by Crippen LogP contribution is -2.46. The molecular formula is C68H92N22O12. The Morgan fingerprint density at radius 1 is 0.451 bits per heavy atom. The summed E-state index contributed by atoms with van der Waals surface area (Å²) in [5.41, 5.74) is 23.2. The number of hydrogen-bond acceptors (Lipinski definition) is 25. The van der Waals surface area contributed by atoms with Crippen LogP contribution in [0.4, 0.5) is 17.5 Å². The lowest BCUT2D eigenvalue weighted by Gasteiger charge is -2.32. The van der Waals surface area contributed by atoms with Gasteiger partial charge in [0.05, 0.1) is 39.5 Å². The fourth-order valence-corrected chi connectivity index (χ4v) is 11.9. The molecule has 3 aliphatic heterocycles. The van der Waals surface area contributed by atoms with Crippen LogP contribution in [0.2, 0.25) is 0 Å². The normalized spacial score (nSPS) is 15.1. The van der Waals surface area contributed by atoms with Crippen LogP contribution in [0.15, 0.2) is 87.2 Å². The molecule has 34 heteroatoms. The number of methoxy groups -OCH3 is 3. The van der Waals surface area contributed by atoms with Crippen LogP contribution in [0.5, 0.6) is 18.0 Å². The highest BCUT2D eigenvalue weighted by atomic mass is 16.5. The van der Waals surface area contributed by atoms with Crippen LogP contribution >= 0.6 is 0 Å². The number of aromatic amines is 3. The van der Waals surface area contributed by atoms with Crippen molar-refractivity contribution in [3.63, 3.8) is 0 Å². The highest BCUT2D eigenvalue weighted by Crippen LogP contribution is 2.23. The molecule has 9 heterocycles. The van der Waals surface area contributed by atoms with Crippen LogP contribution in [-0.4, -0.2) is 256 Å². The van der Waals surface area contributed by atoms with Gasteiger partial charge in [-0.1, -0.05) is 36.4 Å². The van der Waals surface area contributed by atoms with Crippen molar-refractivity contribution in [3.8, 4) is 18.0 Å². The van der Waals surface area contributed by atoms with E-state index in [1.807, 2.05) is 36.4 Å². The molecule has 0 spiro atoms. The third-order valence-electron chi connectivity index (χ3n) is 17.8. The van der Waals surface area contributed by atoms with Crippen LogP contribution in [0.25, 0.3) is 33.5 Å². The number of H-pyrrole nitrogens is 3. The van der Waals surface area contributed by atoms with Gasteiger partial charge in [-0.15, -0.1) is 0 Å². The van der Waals surface area contributed by atoms with Gasteiger partial charge in [-0.3, -0.25) is 33.0 Å². The Hall–Kier alpha value is -10.4. The average Bonchev–Trinajstić information content (AvgIpc) is 1.64. The van der Waals surface area contributed by atoms with Gasteiger partial charge in [-0.05, 0) is 119 Å². The third kappa shape index (κ3) is 20.0. The first kappa shape index (κ1) is 74.3. The van der Waals surface area contributed by atoms with E-state index in [4.69, 9.17) is 45.6 Å². The Kier molecular flexibility index (Phi) is 26.5. The van der Waals surface area contributed by atoms with Crippen LogP contribution in [0.1, 0.15) is 79.9 Å². The summed E-state index contributed by atoms with van der Waals surface area (Å²) in [6, 6.07) is 22.2. The van der Waals surface area contributed by atoms with Gasteiger partial charge in [0.2, 0.25) is 0 Å². The Bertz CT molecular complexity index is 4430. The second-order valence-corrected chi connectivity index (χ2v) is 25.0. The van der Waals surface area contributed by atoms with Crippen molar-refractivity contribution in [2.24, 2.45) is 0 Å². The molecule has 12 N–H and O–H groups in total. The van der Waals surface area contributed by atoms with Gasteiger partial charge in [0.25, 0.3) is 17.7 Å². The largest absolute Gasteiger partial charge is 0.461 e. The molecule has 0 aliphatic carbocycles. The molecule has 1 unspecified atom stereocenters. The zero-order chi connectivity index (χ0) is 72.1. The summed E-state index contributed by atoms with van der Waals surface area (Å²) in [6.45, 7) is 13.7. The summed E-state index contributed by atoms with van der Waals surface area (Å²) in [6.07, 6.45) is 5.82. The Morgan fingerprint density at radius 3 is 1.13 bits per heavy atom. The van der Waals surface area contributed by atoms with Crippen molar-refractivity contribution in [2.75, 3.05) is 171 Å². The molecule has 3 saturated heterocycles. The van der Waals surface area contributed by atoms with Gasteiger partial charge >= 0.3 is 35.1 Å². The summed E-state index contributed by atoms with van der Waals surface area (Å²) in [5.74, 6) is 0.0571. The zero-order valence-corrected chi connectivity index (χ0v) is 58.3. The number of imidazole rings is 3. The van der Waals surface area contributed by atoms with Crippen LogP contribution in [0.3, 0.4) is 0 Å². The Labute approximate surface area is 587 Å². The Morgan fingerprint density at radius 2 is 0.794 bits per heavy atom. The third-order valence-corrected chi connectivity index (χ3v) is 17.8. The number of amides is 3. The van der Waals surface area contributed by atoms with Crippen molar-refractivity contribution in [1.82, 2.24) is 94.1 Å². The number of anilines is 3. The number of benzene rings is 3. The van der Waals surface area contributed by atoms with E-state index in [0.717, 1.165) is 82.0 Å². The number of likely N-dealkylation sites (N-methyl/N-ethyl adjacent to an activating group) is 1. The van der Waals surface area contributed by atoms with Crippen molar-refractivity contribution >= 4 is 68.7 Å². The minimum atomic E-state index is -0.360. The summed E-state index contributed by atoms with van der Waals surface area (Å²) in [5, 5.41) is 8.94. The van der Waals surface area contributed by atoms with E-state index in [0.29, 0.717) is 95.7 Å². The fraction of sp³-hybridized carbons (Fsp3) is 0.471. The number of nitrogens with one attached hydrogen (secondary N) is 6. The standard InChI is InChI=1S/C23H32N8O4.C23H31N7O4.C22H29N7O4/c1-29-9-11-30(12-10-29)8-7-25-21(32)17-5-3-16(4-6-17)15-31-20-18(26-23(31)33)19(24)27-22(28-20)35-14-13-34-2;1-29-11-3-4-17(29)9-10-25-21(31)16-7-5-15(6-8-16)14-30-20-18(26-23(30)32)19(24)27-22(28-20)34-13-12-33-2;1-32-12-13-33-21-26-18(23)17-19(27-21)29(22(31)25-17)14-15-4-6-16(7-5-15)20(30)24-8-11-28-9-2-3-10-28/h3-6H,7-15H2,1-2H3,(H,25,32)(H,26,33)(H2,24,27,28);5-8,17H,3-4,9-14H2,1-2H3,(H,25,31)(H,26,32)(H2,24,27,28);4-7H,2-3,8-14H2,1H3,(H,24,30)(H,25,31)(H2,23,26,27). The minimum Gasteiger partial charge on any atom is -0.461 e. The first-order valence-electron chi connectivity index (χ1n) is 34.0. The number of rotatable bonds is 30. The van der Waals surface area contributed by atoms with Gasteiger partial charge in [-0.25, -0.2) is 14.4 Å². The first-order chi connectivity index (χ1) is 49.4. The predicted molar refractivity (Wildman–Crippen MR) is 383 cm³/mol. The number of aromatic nitrogens is 12. The maximum Gasteiger partial charge on any atom is 0.328 e. The number of likely N-dealkylation sites (tertiary alicyclic amines) is 2. The average molecular weight is 1410 g/mol. The summed E-state index contributed by atoms with van der Waals surface area (Å²) >= 11 is 0. The molecule has 6 aromatic heterocycles. The van der Waals surface area contributed by atoms with E-state index in [1.54, 1.807) is 57.7 Å². The van der Waals surface area contributed by atoms with Gasteiger partial charge < -0.3 is 91.2 Å². The van der Waals surface area contributed by atoms with E-state index >= 15 is 0 Å². The van der Waals surface area contributed by atoms with Crippen molar-refractivity contribution in [2.45, 2.75) is 57.8 Å². The number of ether oxygens (including phenoxy) is 6. The molecule has 34 nitrogen and oxygen atoms in total. The smallest absolute Gasteiger partial charge is 0.328 e. The minimum absolute atomic E-state index is 0.0726. The highest BCUT2D eigenvalue weighted by molar-refractivity contribution is 5.95. The number of hydrogen-bond donors (Lipinski definition) is 9. The van der Waals surface area contributed by atoms with Crippen LogP contribution in [-0.2, 0) is 33.8 Å². The fourth-order valence-electron chi connectivity index (χ4n) is 11.9. The summed E-state index contributed by atoms with van der Waals surface area (Å²) in [4.78, 5) is 118. The van der Waals surface area contributed by atoms with Gasteiger partial charge in [0.1, 0.15) is 36.4 Å². The number of nitrogen functional groups attached to an aromatic ring is 3. The molecule has 546 valence electrons. The number of carbonyl (C=O) groups excluding carboxylic acids is 3. The van der Waals surface area contributed by atoms with Crippen LogP contribution < -0.4 is 64.4 Å². The van der Waals surface area contributed by atoms with Gasteiger partial charge in [0.15, 0.2) is 34.4 Å². The SMILES string of the molecule is COCCOc1nc(N)c2[nH]c(=O)n(Cc3ccc(C(=O)NCCC4CCCN4C)cc3)c2n1.COCCOc1nc(N)c2[nH]c(=O)n(Cc3ccc(C(=O)NCCN4CCCC4)cc3)c2n1.COCCOc1nc(N)c2[nH]c(=O)n(Cc3ccc(C(=O)NCCN4CCN(C)CC4)cc3)c2n1.